The van der Waals surface area contributed by atoms with Crippen LogP contribution in [-0.4, -0.2) is 85.4 Å². The maximum atomic E-state index is 12.6. The molecular formula is C20H33N5O2. The number of aromatic nitrogens is 1. The monoisotopic (exact) mass is 375 g/mol. The van der Waals surface area contributed by atoms with E-state index in [2.05, 4.69) is 33.9 Å². The second kappa shape index (κ2) is 9.90. The van der Waals surface area contributed by atoms with E-state index in [1.54, 1.807) is 0 Å². The lowest BCUT2D eigenvalue weighted by molar-refractivity contribution is 0.0461. The average molecular weight is 376 g/mol. The van der Waals surface area contributed by atoms with Crippen molar-refractivity contribution in [3.63, 3.8) is 0 Å². The van der Waals surface area contributed by atoms with Crippen molar-refractivity contribution in [3.8, 4) is 0 Å². The fraction of sp³-hybridized carbons (Fsp3) is 0.700. The summed E-state index contributed by atoms with van der Waals surface area (Å²) in [7, 11) is 0. The molecule has 1 aromatic rings. The van der Waals surface area contributed by atoms with Crippen molar-refractivity contribution in [1.82, 2.24) is 20.1 Å². The highest BCUT2D eigenvalue weighted by molar-refractivity contribution is 5.75. The highest BCUT2D eigenvalue weighted by Crippen LogP contribution is 2.18. The van der Waals surface area contributed by atoms with Crippen molar-refractivity contribution in [1.29, 1.82) is 0 Å². The molecule has 0 bridgehead atoms. The summed E-state index contributed by atoms with van der Waals surface area (Å²) in [5.41, 5.74) is 0. The molecule has 27 heavy (non-hydrogen) atoms. The maximum Gasteiger partial charge on any atom is 0.317 e. The molecule has 1 N–H and O–H groups in total. The number of ether oxygens (including phenoxy) is 1. The van der Waals surface area contributed by atoms with E-state index < -0.39 is 0 Å². The summed E-state index contributed by atoms with van der Waals surface area (Å²) in [5.74, 6) is 0.983. The summed E-state index contributed by atoms with van der Waals surface area (Å²) in [5, 5.41) is 3.19. The highest BCUT2D eigenvalue weighted by Gasteiger charge is 2.30. The van der Waals surface area contributed by atoms with Crippen molar-refractivity contribution in [2.45, 2.75) is 38.8 Å². The minimum Gasteiger partial charge on any atom is -0.375 e. The van der Waals surface area contributed by atoms with Crippen LogP contribution in [0.3, 0.4) is 0 Å². The van der Waals surface area contributed by atoms with Crippen LogP contribution in [0.15, 0.2) is 24.4 Å². The van der Waals surface area contributed by atoms with Crippen LogP contribution < -0.4 is 10.2 Å². The lowest BCUT2D eigenvalue weighted by Crippen LogP contribution is -2.45. The molecule has 2 atom stereocenters. The second-order valence-electron chi connectivity index (χ2n) is 7.32. The smallest absolute Gasteiger partial charge is 0.317 e. The van der Waals surface area contributed by atoms with Crippen molar-refractivity contribution in [3.05, 3.63) is 24.4 Å². The summed E-state index contributed by atoms with van der Waals surface area (Å²) < 4.78 is 5.98. The zero-order valence-electron chi connectivity index (χ0n) is 16.6. The molecule has 2 aliphatic heterocycles. The van der Waals surface area contributed by atoms with E-state index in [0.29, 0.717) is 6.54 Å². The number of likely N-dealkylation sites (tertiary alicyclic amines) is 1. The molecule has 3 rings (SSSR count). The quantitative estimate of drug-likeness (QED) is 0.751. The third kappa shape index (κ3) is 5.56. The number of nitrogens with one attached hydrogen (secondary N) is 1. The Kier molecular flexibility index (Phi) is 7.29. The van der Waals surface area contributed by atoms with Crippen LogP contribution in [0, 0.1) is 0 Å². The van der Waals surface area contributed by atoms with Crippen LogP contribution in [0.2, 0.25) is 0 Å². The largest absolute Gasteiger partial charge is 0.375 e. The molecule has 2 amide bonds. The molecule has 0 radical (unpaired) electrons. The van der Waals surface area contributed by atoms with Gasteiger partial charge in [0.2, 0.25) is 0 Å². The van der Waals surface area contributed by atoms with E-state index >= 15 is 0 Å². The number of hydrogen-bond acceptors (Lipinski definition) is 5. The first-order valence-corrected chi connectivity index (χ1v) is 10.2. The Morgan fingerprint density at radius 3 is 2.85 bits per heavy atom. The van der Waals surface area contributed by atoms with Gasteiger partial charge in [0.05, 0.1) is 12.7 Å². The number of pyridine rings is 1. The molecule has 7 nitrogen and oxygen atoms in total. The summed E-state index contributed by atoms with van der Waals surface area (Å²) >= 11 is 0. The van der Waals surface area contributed by atoms with Gasteiger partial charge in [-0.2, -0.15) is 0 Å². The first-order chi connectivity index (χ1) is 13.2. The predicted molar refractivity (Wildman–Crippen MR) is 107 cm³/mol. The van der Waals surface area contributed by atoms with Gasteiger partial charge >= 0.3 is 6.03 Å². The van der Waals surface area contributed by atoms with Crippen LogP contribution in [0.4, 0.5) is 10.6 Å². The Labute approximate surface area is 162 Å². The minimum absolute atomic E-state index is 0.0395. The molecule has 0 saturated carbocycles. The number of hydrogen-bond donors (Lipinski definition) is 1. The number of carbonyl (C=O) groups is 1. The summed E-state index contributed by atoms with van der Waals surface area (Å²) in [6.45, 7) is 11.4. The Morgan fingerprint density at radius 2 is 2.11 bits per heavy atom. The van der Waals surface area contributed by atoms with Crippen LogP contribution in [-0.2, 0) is 4.74 Å². The van der Waals surface area contributed by atoms with Crippen molar-refractivity contribution >= 4 is 11.8 Å². The van der Waals surface area contributed by atoms with Crippen molar-refractivity contribution in [2.24, 2.45) is 0 Å². The first-order valence-electron chi connectivity index (χ1n) is 10.2. The number of amides is 2. The van der Waals surface area contributed by atoms with Gasteiger partial charge in [-0.3, -0.25) is 0 Å². The molecule has 150 valence electrons. The molecule has 0 aromatic carbocycles. The lowest BCUT2D eigenvalue weighted by Gasteiger charge is -2.22. The first kappa shape index (κ1) is 19.9. The van der Waals surface area contributed by atoms with Gasteiger partial charge in [0.1, 0.15) is 5.82 Å². The zero-order valence-corrected chi connectivity index (χ0v) is 16.6. The molecule has 2 fully saturated rings. The topological polar surface area (TPSA) is 60.9 Å². The lowest BCUT2D eigenvalue weighted by atomic mass is 10.3. The van der Waals surface area contributed by atoms with E-state index in [-0.39, 0.29) is 18.2 Å². The fourth-order valence-electron chi connectivity index (χ4n) is 3.83. The molecule has 7 heteroatoms. The zero-order chi connectivity index (χ0) is 19.1. The SMILES string of the molecule is CCN(CC)CCOC1CCN(C(=O)NC2CCN(c3ccccn3)C2)C1. The third-order valence-electron chi connectivity index (χ3n) is 5.58. The summed E-state index contributed by atoms with van der Waals surface area (Å²) in [4.78, 5) is 23.5. The van der Waals surface area contributed by atoms with E-state index in [0.717, 1.165) is 64.5 Å². The van der Waals surface area contributed by atoms with Crippen LogP contribution in [0.5, 0.6) is 0 Å². The molecule has 2 saturated heterocycles. The van der Waals surface area contributed by atoms with Crippen LogP contribution in [0.25, 0.3) is 0 Å². The summed E-state index contributed by atoms with van der Waals surface area (Å²) in [6.07, 6.45) is 3.86. The molecule has 0 spiro atoms. The van der Waals surface area contributed by atoms with E-state index in [1.165, 1.54) is 0 Å². The van der Waals surface area contributed by atoms with Crippen molar-refractivity contribution in [2.75, 3.05) is 57.3 Å². The standard InChI is InChI=1S/C20H33N5O2/c1-3-23(4-2)13-14-27-18-9-12-25(16-18)20(26)22-17-8-11-24(15-17)19-7-5-6-10-21-19/h5-7,10,17-18H,3-4,8-9,11-16H2,1-2H3,(H,22,26). The predicted octanol–water partition coefficient (Wildman–Crippen LogP) is 1.80. The van der Waals surface area contributed by atoms with E-state index in [1.807, 2.05) is 29.3 Å². The molecule has 3 heterocycles. The molecule has 0 aliphatic carbocycles. The van der Waals surface area contributed by atoms with Gasteiger partial charge in [0.15, 0.2) is 0 Å². The Morgan fingerprint density at radius 1 is 1.26 bits per heavy atom. The van der Waals surface area contributed by atoms with Gasteiger partial charge < -0.3 is 24.8 Å². The molecular weight excluding hydrogens is 342 g/mol. The second-order valence-corrected chi connectivity index (χ2v) is 7.32. The van der Waals surface area contributed by atoms with Gasteiger partial charge in [-0.1, -0.05) is 19.9 Å². The Balaban J connectivity index is 1.37. The van der Waals surface area contributed by atoms with Gasteiger partial charge in [-0.05, 0) is 38.1 Å². The molecule has 2 aliphatic rings. The van der Waals surface area contributed by atoms with Gasteiger partial charge in [-0.15, -0.1) is 0 Å². The van der Waals surface area contributed by atoms with Crippen LogP contribution >= 0.6 is 0 Å². The number of urea groups is 1. The Hall–Kier alpha value is -1.86. The Bertz CT molecular complexity index is 581. The number of likely N-dealkylation sites (N-methyl/N-ethyl adjacent to an activating group) is 1. The summed E-state index contributed by atoms with van der Waals surface area (Å²) in [6, 6.07) is 6.16. The minimum atomic E-state index is 0.0395. The third-order valence-corrected chi connectivity index (χ3v) is 5.58. The number of nitrogens with zero attached hydrogens (tertiary/aromatic N) is 4. The van der Waals surface area contributed by atoms with E-state index in [4.69, 9.17) is 4.74 Å². The van der Waals surface area contributed by atoms with Crippen molar-refractivity contribution < 1.29 is 9.53 Å². The normalized spacial score (nSPS) is 22.6. The van der Waals surface area contributed by atoms with Crippen LogP contribution in [0.1, 0.15) is 26.7 Å². The van der Waals surface area contributed by atoms with Gasteiger partial charge in [-0.25, -0.2) is 9.78 Å². The average Bonchev–Trinajstić information content (AvgIpc) is 3.36. The van der Waals surface area contributed by atoms with Gasteiger partial charge in [0.25, 0.3) is 0 Å². The molecule has 2 unspecified atom stereocenters. The fourth-order valence-corrected chi connectivity index (χ4v) is 3.83. The number of rotatable bonds is 8. The number of anilines is 1. The molecule has 1 aromatic heterocycles. The highest BCUT2D eigenvalue weighted by atomic mass is 16.5. The van der Waals surface area contributed by atoms with Gasteiger partial charge in [0, 0.05) is 45.0 Å². The maximum absolute atomic E-state index is 12.6. The number of carbonyl (C=O) groups excluding carboxylic acids is 1. The van der Waals surface area contributed by atoms with E-state index in [9.17, 15) is 4.79 Å².